The highest BCUT2D eigenvalue weighted by Crippen LogP contribution is 2.36. The molecule has 2 aromatic carbocycles. The zero-order valence-corrected chi connectivity index (χ0v) is 27.6. The molecule has 1 fully saturated rings. The second-order valence-corrected chi connectivity index (χ2v) is 14.8. The van der Waals surface area contributed by atoms with Crippen molar-refractivity contribution in [3.8, 4) is 17.1 Å². The first kappa shape index (κ1) is 32.2. The molecule has 1 aliphatic heterocycles. The molecule has 3 aromatic rings. The van der Waals surface area contributed by atoms with Gasteiger partial charge >= 0.3 is 6.09 Å². The highest BCUT2D eigenvalue weighted by atomic mass is 32.2. The fourth-order valence-electron chi connectivity index (χ4n) is 6.17. The number of amides is 2. The van der Waals surface area contributed by atoms with E-state index in [1.165, 1.54) is 19.2 Å². The van der Waals surface area contributed by atoms with E-state index in [-0.39, 0.29) is 58.3 Å². The smallest absolute Gasteiger partial charge is 0.409 e. The van der Waals surface area contributed by atoms with E-state index in [9.17, 15) is 18.0 Å². The van der Waals surface area contributed by atoms with E-state index in [0.717, 1.165) is 16.7 Å². The Hall–Kier alpha value is -4.19. The first-order chi connectivity index (χ1) is 21.2. The van der Waals surface area contributed by atoms with Gasteiger partial charge in [0, 0.05) is 36.3 Å². The first-order valence-corrected chi connectivity index (χ1v) is 16.5. The molecule has 2 heterocycles. The van der Waals surface area contributed by atoms with Gasteiger partial charge in [0.2, 0.25) is 11.8 Å². The summed E-state index contributed by atoms with van der Waals surface area (Å²) in [5, 5.41) is 0. The third-order valence-corrected chi connectivity index (χ3v) is 9.77. The van der Waals surface area contributed by atoms with Crippen LogP contribution in [0.5, 0.6) is 5.88 Å². The summed E-state index contributed by atoms with van der Waals surface area (Å²) in [5.74, 6) is -0.241. The summed E-state index contributed by atoms with van der Waals surface area (Å²) in [5.41, 5.74) is 3.37. The summed E-state index contributed by atoms with van der Waals surface area (Å²) in [6.07, 6.45) is 1.26. The van der Waals surface area contributed by atoms with E-state index in [4.69, 9.17) is 9.47 Å². The maximum atomic E-state index is 14.3. The molecule has 1 atom stereocenters. The first-order valence-electron chi connectivity index (χ1n) is 15.0. The van der Waals surface area contributed by atoms with Gasteiger partial charge < -0.3 is 19.3 Å². The van der Waals surface area contributed by atoms with Gasteiger partial charge in [-0.3, -0.25) is 4.79 Å². The van der Waals surface area contributed by atoms with Gasteiger partial charge in [-0.2, -0.15) is 4.98 Å². The SMILES string of the molecule is COC(=O)N(C)C1CC(N2C(=O)c3cccc(c3)S(=O)(=O)Nc3nc(cc(-c4c(C)cccc4C)n3)OC[C@H]2CC(C)(C)C)C1. The molecular formula is C33H41N5O6S. The number of fused-ring (bicyclic) bond motifs is 4. The van der Waals surface area contributed by atoms with Crippen LogP contribution in [0.1, 0.15) is 61.5 Å². The summed E-state index contributed by atoms with van der Waals surface area (Å²) >= 11 is 0. The number of sulfonamides is 1. The van der Waals surface area contributed by atoms with Gasteiger partial charge in [-0.15, -0.1) is 0 Å². The molecule has 0 radical (unpaired) electrons. The average molecular weight is 636 g/mol. The molecule has 1 saturated carbocycles. The summed E-state index contributed by atoms with van der Waals surface area (Å²) < 4.78 is 41.0. The predicted molar refractivity (Wildman–Crippen MR) is 171 cm³/mol. The Kier molecular flexibility index (Phi) is 8.81. The van der Waals surface area contributed by atoms with Crippen LogP contribution in [0.25, 0.3) is 11.3 Å². The van der Waals surface area contributed by atoms with Crippen molar-refractivity contribution in [1.29, 1.82) is 0 Å². The predicted octanol–water partition coefficient (Wildman–Crippen LogP) is 5.43. The zero-order chi connectivity index (χ0) is 32.7. The molecule has 12 heteroatoms. The van der Waals surface area contributed by atoms with E-state index in [2.05, 4.69) is 35.5 Å². The van der Waals surface area contributed by atoms with Gasteiger partial charge in [0.1, 0.15) is 6.61 Å². The van der Waals surface area contributed by atoms with Crippen LogP contribution in [-0.4, -0.2) is 79.1 Å². The number of carbonyl (C=O) groups is 2. The number of nitrogens with zero attached hydrogens (tertiary/aromatic N) is 4. The van der Waals surface area contributed by atoms with Crippen molar-refractivity contribution >= 4 is 28.0 Å². The number of carbonyl (C=O) groups excluding carboxylic acids is 2. The molecule has 0 unspecified atom stereocenters. The minimum atomic E-state index is -4.16. The van der Waals surface area contributed by atoms with Crippen molar-refractivity contribution in [1.82, 2.24) is 19.8 Å². The number of hydrogen-bond donors (Lipinski definition) is 1. The Morgan fingerprint density at radius 1 is 1.09 bits per heavy atom. The number of nitrogens with one attached hydrogen (secondary N) is 1. The summed E-state index contributed by atoms with van der Waals surface area (Å²) in [6, 6.07) is 12.9. The van der Waals surface area contributed by atoms with Gasteiger partial charge in [-0.25, -0.2) is 22.9 Å². The normalized spacial score (nSPS) is 21.2. The molecule has 5 rings (SSSR count). The molecule has 2 aliphatic rings. The summed E-state index contributed by atoms with van der Waals surface area (Å²) in [7, 11) is -1.14. The van der Waals surface area contributed by atoms with Crippen molar-refractivity contribution in [3.05, 3.63) is 65.2 Å². The van der Waals surface area contributed by atoms with E-state index < -0.39 is 16.1 Å². The number of aromatic nitrogens is 2. The quantitative estimate of drug-likeness (QED) is 0.402. The molecule has 4 bridgehead atoms. The van der Waals surface area contributed by atoms with Crippen LogP contribution in [0.4, 0.5) is 10.7 Å². The number of ether oxygens (including phenoxy) is 2. The highest BCUT2D eigenvalue weighted by Gasteiger charge is 2.44. The molecular weight excluding hydrogens is 594 g/mol. The lowest BCUT2D eigenvalue weighted by Gasteiger charge is -2.49. The number of anilines is 1. The number of rotatable bonds is 4. The van der Waals surface area contributed by atoms with Crippen molar-refractivity contribution in [2.75, 3.05) is 25.5 Å². The highest BCUT2D eigenvalue weighted by molar-refractivity contribution is 7.92. The van der Waals surface area contributed by atoms with E-state index in [1.807, 2.05) is 36.9 Å². The number of methoxy groups -OCH3 is 1. The third kappa shape index (κ3) is 6.90. The standard InChI is InChI=1S/C33H41N5O6S/c1-20-10-8-11-21(2)29(20)27-17-28-35-31(34-27)36-45(41,42)26-13-9-12-22(14-26)30(39)38(25(19-44-28)18-33(3,4)5)24-15-23(16-24)37(6)32(40)43-7/h8-14,17,23-25H,15-16,18-19H2,1-7H3,(H,34,35,36)/t23?,24?,25-/m1/s1. The monoisotopic (exact) mass is 635 g/mol. The van der Waals surface area contributed by atoms with Crippen molar-refractivity contribution < 1.29 is 27.5 Å². The van der Waals surface area contributed by atoms with Crippen molar-refractivity contribution in [3.63, 3.8) is 0 Å². The fraction of sp³-hybridized carbons (Fsp3) is 0.455. The van der Waals surface area contributed by atoms with Crippen LogP contribution < -0.4 is 9.46 Å². The van der Waals surface area contributed by atoms with Gasteiger partial charge in [0.05, 0.1) is 23.7 Å². The Morgan fingerprint density at radius 2 is 1.76 bits per heavy atom. The molecule has 45 heavy (non-hydrogen) atoms. The van der Waals surface area contributed by atoms with E-state index >= 15 is 0 Å². The lowest BCUT2D eigenvalue weighted by Crippen LogP contribution is -2.60. The lowest BCUT2D eigenvalue weighted by atomic mass is 9.81. The molecule has 1 aromatic heterocycles. The zero-order valence-electron chi connectivity index (χ0n) is 26.8. The minimum absolute atomic E-state index is 0.0830. The Bertz CT molecular complexity index is 1690. The molecule has 0 saturated heterocycles. The number of hydrogen-bond acceptors (Lipinski definition) is 8. The van der Waals surface area contributed by atoms with Crippen LogP contribution in [-0.2, 0) is 14.8 Å². The maximum Gasteiger partial charge on any atom is 0.409 e. The molecule has 1 aliphatic carbocycles. The van der Waals surface area contributed by atoms with Crippen LogP contribution in [0.2, 0.25) is 0 Å². The van der Waals surface area contributed by atoms with Gasteiger partial charge in [0.15, 0.2) is 0 Å². The van der Waals surface area contributed by atoms with Crippen LogP contribution in [0.3, 0.4) is 0 Å². The molecule has 0 spiro atoms. The summed E-state index contributed by atoms with van der Waals surface area (Å²) in [4.78, 5) is 38.9. The Balaban J connectivity index is 1.62. The second-order valence-electron chi connectivity index (χ2n) is 13.1. The summed E-state index contributed by atoms with van der Waals surface area (Å²) in [6.45, 7) is 10.4. The van der Waals surface area contributed by atoms with Gasteiger partial charge in [0.25, 0.3) is 15.9 Å². The molecule has 11 nitrogen and oxygen atoms in total. The van der Waals surface area contributed by atoms with Crippen LogP contribution >= 0.6 is 0 Å². The molecule has 1 N–H and O–H groups in total. The third-order valence-electron chi connectivity index (χ3n) is 8.45. The van der Waals surface area contributed by atoms with E-state index in [1.54, 1.807) is 30.1 Å². The lowest BCUT2D eigenvalue weighted by molar-refractivity contribution is -0.000300. The van der Waals surface area contributed by atoms with E-state index in [0.29, 0.717) is 25.0 Å². The molecule has 2 amide bonds. The number of benzene rings is 2. The minimum Gasteiger partial charge on any atom is -0.475 e. The van der Waals surface area contributed by atoms with Crippen molar-refractivity contribution in [2.45, 2.75) is 76.9 Å². The van der Waals surface area contributed by atoms with Gasteiger partial charge in [-0.1, -0.05) is 45.0 Å². The average Bonchev–Trinajstić information content (AvgIpc) is 2.94. The second kappa shape index (κ2) is 12.3. The molecule has 240 valence electrons. The van der Waals surface area contributed by atoms with Crippen LogP contribution in [0, 0.1) is 19.3 Å². The fourth-order valence-corrected chi connectivity index (χ4v) is 7.16. The largest absolute Gasteiger partial charge is 0.475 e. The topological polar surface area (TPSA) is 131 Å². The van der Waals surface area contributed by atoms with Crippen LogP contribution in [0.15, 0.2) is 53.4 Å². The van der Waals surface area contributed by atoms with Crippen molar-refractivity contribution in [2.24, 2.45) is 5.41 Å². The Labute approximate surface area is 265 Å². The maximum absolute atomic E-state index is 14.3. The Morgan fingerprint density at radius 3 is 2.40 bits per heavy atom. The van der Waals surface area contributed by atoms with Gasteiger partial charge in [-0.05, 0) is 67.9 Å². The number of aryl methyl sites for hydroxylation is 2.